The van der Waals surface area contributed by atoms with E-state index in [1.807, 2.05) is 19.1 Å². The molecule has 0 atom stereocenters. The SMILES string of the molecule is C/C=C/CCC1CCC(C2CCC(c3ccc4c(F)c(CC)ccc4c3)CC2)CC1. The standard InChI is InChI=1S/C29H39F/c1-3-5-6-7-21-8-10-23(11-9-21)24-13-15-25(16-14-24)26-18-19-28-27(20-26)17-12-22(4-2)29(28)30/h3,5,12,17-21,23-25H,4,6-11,13-16H2,1-2H3/b5-3+. The van der Waals surface area contributed by atoms with E-state index in [-0.39, 0.29) is 5.82 Å². The molecule has 1 heteroatoms. The van der Waals surface area contributed by atoms with Gasteiger partial charge in [-0.25, -0.2) is 4.39 Å². The van der Waals surface area contributed by atoms with Crippen LogP contribution in [0.2, 0.25) is 0 Å². The molecule has 2 aromatic carbocycles. The lowest BCUT2D eigenvalue weighted by Crippen LogP contribution is -2.25. The van der Waals surface area contributed by atoms with Gasteiger partial charge in [0, 0.05) is 5.39 Å². The van der Waals surface area contributed by atoms with Crippen LogP contribution in [-0.4, -0.2) is 0 Å². The minimum atomic E-state index is -0.0217. The van der Waals surface area contributed by atoms with E-state index in [1.165, 1.54) is 69.8 Å². The Bertz CT molecular complexity index is 848. The first kappa shape index (κ1) is 21.6. The molecule has 0 saturated heterocycles. The number of hydrogen-bond acceptors (Lipinski definition) is 0. The molecule has 0 aliphatic heterocycles. The predicted molar refractivity (Wildman–Crippen MR) is 127 cm³/mol. The van der Waals surface area contributed by atoms with Gasteiger partial charge in [-0.3, -0.25) is 0 Å². The maximum absolute atomic E-state index is 14.6. The zero-order valence-electron chi connectivity index (χ0n) is 19.0. The molecule has 4 rings (SSSR count). The van der Waals surface area contributed by atoms with Crippen LogP contribution in [0.25, 0.3) is 10.8 Å². The number of halogens is 1. The molecule has 0 unspecified atom stereocenters. The van der Waals surface area contributed by atoms with Gasteiger partial charge in [0.2, 0.25) is 0 Å². The lowest BCUT2D eigenvalue weighted by molar-refractivity contribution is 0.157. The highest BCUT2D eigenvalue weighted by atomic mass is 19.1. The Kier molecular flexibility index (Phi) is 7.28. The molecule has 2 aromatic rings. The van der Waals surface area contributed by atoms with Gasteiger partial charge in [0.15, 0.2) is 0 Å². The van der Waals surface area contributed by atoms with Crippen LogP contribution < -0.4 is 0 Å². The zero-order chi connectivity index (χ0) is 20.9. The second-order valence-corrected chi connectivity index (χ2v) is 9.91. The molecule has 0 aromatic heterocycles. The number of rotatable bonds is 6. The van der Waals surface area contributed by atoms with Gasteiger partial charge in [-0.05, 0) is 105 Å². The third kappa shape index (κ3) is 4.82. The van der Waals surface area contributed by atoms with Crippen molar-refractivity contribution in [2.75, 3.05) is 0 Å². The van der Waals surface area contributed by atoms with Gasteiger partial charge in [-0.1, -0.05) is 62.2 Å². The third-order valence-electron chi connectivity index (χ3n) is 8.22. The quantitative estimate of drug-likeness (QED) is 0.420. The molecule has 162 valence electrons. The van der Waals surface area contributed by atoms with E-state index in [4.69, 9.17) is 0 Å². The third-order valence-corrected chi connectivity index (χ3v) is 8.22. The molecule has 0 spiro atoms. The summed E-state index contributed by atoms with van der Waals surface area (Å²) in [6.45, 7) is 4.15. The summed E-state index contributed by atoms with van der Waals surface area (Å²) >= 11 is 0. The fraction of sp³-hybridized carbons (Fsp3) is 0.586. The largest absolute Gasteiger partial charge is 0.206 e. The van der Waals surface area contributed by atoms with Crippen LogP contribution in [0, 0.1) is 23.6 Å². The fourth-order valence-electron chi connectivity index (χ4n) is 6.25. The first-order valence-corrected chi connectivity index (χ1v) is 12.5. The molecule has 30 heavy (non-hydrogen) atoms. The van der Waals surface area contributed by atoms with Crippen molar-refractivity contribution >= 4 is 10.8 Å². The summed E-state index contributed by atoms with van der Waals surface area (Å²) in [6.07, 6.45) is 19.2. The van der Waals surface area contributed by atoms with Crippen LogP contribution in [0.1, 0.15) is 95.1 Å². The summed E-state index contributed by atoms with van der Waals surface area (Å²) < 4.78 is 14.6. The van der Waals surface area contributed by atoms with Gasteiger partial charge in [-0.15, -0.1) is 0 Å². The van der Waals surface area contributed by atoms with Crippen LogP contribution in [0.5, 0.6) is 0 Å². The molecule has 2 aliphatic carbocycles. The molecule has 0 radical (unpaired) electrons. The Morgan fingerprint density at radius 2 is 1.60 bits per heavy atom. The first-order chi connectivity index (χ1) is 14.7. The predicted octanol–water partition coefficient (Wildman–Crippen LogP) is 8.98. The van der Waals surface area contributed by atoms with Gasteiger partial charge in [-0.2, -0.15) is 0 Å². The summed E-state index contributed by atoms with van der Waals surface area (Å²) in [5, 5.41) is 1.86. The Balaban J connectivity index is 1.31. The minimum absolute atomic E-state index is 0.0217. The van der Waals surface area contributed by atoms with Crippen molar-refractivity contribution in [1.82, 2.24) is 0 Å². The number of hydrogen-bond donors (Lipinski definition) is 0. The van der Waals surface area contributed by atoms with Crippen molar-refractivity contribution in [2.24, 2.45) is 17.8 Å². The molecular formula is C29H39F. The lowest BCUT2D eigenvalue weighted by atomic mass is 9.68. The monoisotopic (exact) mass is 406 g/mol. The van der Waals surface area contributed by atoms with Crippen molar-refractivity contribution in [1.29, 1.82) is 0 Å². The van der Waals surface area contributed by atoms with Crippen molar-refractivity contribution < 1.29 is 4.39 Å². The smallest absolute Gasteiger partial charge is 0.134 e. The second-order valence-electron chi connectivity index (χ2n) is 9.91. The molecule has 0 bridgehead atoms. The van der Waals surface area contributed by atoms with Gasteiger partial charge < -0.3 is 0 Å². The summed E-state index contributed by atoms with van der Waals surface area (Å²) in [4.78, 5) is 0. The van der Waals surface area contributed by atoms with E-state index in [2.05, 4.69) is 37.3 Å². The van der Waals surface area contributed by atoms with Crippen molar-refractivity contribution in [3.05, 3.63) is 59.4 Å². The average Bonchev–Trinajstić information content (AvgIpc) is 2.80. The zero-order valence-corrected chi connectivity index (χ0v) is 19.0. The van der Waals surface area contributed by atoms with Crippen LogP contribution in [0.3, 0.4) is 0 Å². The van der Waals surface area contributed by atoms with Gasteiger partial charge >= 0.3 is 0 Å². The van der Waals surface area contributed by atoms with Crippen LogP contribution in [0.4, 0.5) is 4.39 Å². The summed E-state index contributed by atoms with van der Waals surface area (Å²) in [5.74, 6) is 3.54. The molecule has 2 aliphatic rings. The number of benzene rings is 2. The Morgan fingerprint density at radius 3 is 2.27 bits per heavy atom. The molecular weight excluding hydrogens is 367 g/mol. The van der Waals surface area contributed by atoms with E-state index in [1.54, 1.807) is 0 Å². The molecule has 0 amide bonds. The molecule has 0 N–H and O–H groups in total. The molecule has 2 saturated carbocycles. The normalized spacial score (nSPS) is 27.7. The van der Waals surface area contributed by atoms with Crippen LogP contribution in [-0.2, 0) is 6.42 Å². The maximum Gasteiger partial charge on any atom is 0.134 e. The molecule has 0 nitrogen and oxygen atoms in total. The van der Waals surface area contributed by atoms with Crippen LogP contribution >= 0.6 is 0 Å². The highest BCUT2D eigenvalue weighted by Crippen LogP contribution is 2.44. The van der Waals surface area contributed by atoms with Gasteiger partial charge in [0.05, 0.1) is 0 Å². The van der Waals surface area contributed by atoms with E-state index in [9.17, 15) is 4.39 Å². The highest BCUT2D eigenvalue weighted by molar-refractivity contribution is 5.84. The van der Waals surface area contributed by atoms with Crippen LogP contribution in [0.15, 0.2) is 42.5 Å². The van der Waals surface area contributed by atoms with Gasteiger partial charge in [0.1, 0.15) is 5.82 Å². The number of allylic oxidation sites excluding steroid dienone is 2. The van der Waals surface area contributed by atoms with Crippen molar-refractivity contribution in [3.63, 3.8) is 0 Å². The van der Waals surface area contributed by atoms with E-state index >= 15 is 0 Å². The molecule has 0 heterocycles. The minimum Gasteiger partial charge on any atom is -0.206 e. The highest BCUT2D eigenvalue weighted by Gasteiger charge is 2.31. The summed E-state index contributed by atoms with van der Waals surface area (Å²) in [5.41, 5.74) is 2.25. The average molecular weight is 407 g/mol. The van der Waals surface area contributed by atoms with E-state index in [0.29, 0.717) is 5.92 Å². The fourth-order valence-corrected chi connectivity index (χ4v) is 6.25. The first-order valence-electron chi connectivity index (χ1n) is 12.5. The number of fused-ring (bicyclic) bond motifs is 1. The summed E-state index contributed by atoms with van der Waals surface area (Å²) in [7, 11) is 0. The van der Waals surface area contributed by atoms with Crippen molar-refractivity contribution in [3.8, 4) is 0 Å². The molecule has 2 fully saturated rings. The van der Waals surface area contributed by atoms with Crippen molar-refractivity contribution in [2.45, 2.75) is 90.4 Å². The Hall–Kier alpha value is -1.63. The lowest BCUT2D eigenvalue weighted by Gasteiger charge is -2.38. The Labute approximate surface area is 183 Å². The number of aryl methyl sites for hydroxylation is 1. The van der Waals surface area contributed by atoms with Gasteiger partial charge in [0.25, 0.3) is 0 Å². The van der Waals surface area contributed by atoms with E-state index in [0.717, 1.165) is 40.5 Å². The summed E-state index contributed by atoms with van der Waals surface area (Å²) in [6, 6.07) is 10.6. The topological polar surface area (TPSA) is 0 Å². The Morgan fingerprint density at radius 1 is 0.900 bits per heavy atom. The van der Waals surface area contributed by atoms with E-state index < -0.39 is 0 Å². The second kappa shape index (κ2) is 10.1. The maximum atomic E-state index is 14.6.